The van der Waals surface area contributed by atoms with Crippen LogP contribution in [0.25, 0.3) is 11.5 Å². The van der Waals surface area contributed by atoms with Gasteiger partial charge in [-0.25, -0.2) is 9.78 Å². The molecule has 0 saturated heterocycles. The monoisotopic (exact) mass is 487 g/mol. The van der Waals surface area contributed by atoms with Gasteiger partial charge in [0.05, 0.1) is 26.4 Å². The molecule has 1 heterocycles. The van der Waals surface area contributed by atoms with Crippen molar-refractivity contribution in [1.29, 1.82) is 0 Å². The Bertz CT molecular complexity index is 974. The lowest BCUT2D eigenvalue weighted by Gasteiger charge is -2.33. The Hall–Kier alpha value is -2.38. The zero-order chi connectivity index (χ0) is 25.6. The van der Waals surface area contributed by atoms with Crippen molar-refractivity contribution in [1.82, 2.24) is 4.98 Å². The number of aromatic nitrogens is 1. The van der Waals surface area contributed by atoms with Gasteiger partial charge in [-0.15, -0.1) is 0 Å². The van der Waals surface area contributed by atoms with Crippen LogP contribution >= 0.6 is 0 Å². The molecule has 0 aliphatic heterocycles. The second kappa shape index (κ2) is 11.6. The number of benzene rings is 1. The minimum absolute atomic E-state index is 0.128. The van der Waals surface area contributed by atoms with Crippen LogP contribution in [0.4, 0.5) is 0 Å². The number of hydrogen-bond donors (Lipinski definition) is 0. The Morgan fingerprint density at radius 3 is 2.63 bits per heavy atom. The summed E-state index contributed by atoms with van der Waals surface area (Å²) in [7, 11) is 1.65. The molecular formula is C28H41NO6. The van der Waals surface area contributed by atoms with Crippen molar-refractivity contribution in [3.63, 3.8) is 0 Å². The molecule has 1 aromatic carbocycles. The van der Waals surface area contributed by atoms with E-state index in [4.69, 9.17) is 28.3 Å². The molecule has 0 spiro atoms. The first kappa shape index (κ1) is 27.2. The van der Waals surface area contributed by atoms with Gasteiger partial charge in [0.1, 0.15) is 22.8 Å². The molecule has 0 amide bonds. The Morgan fingerprint density at radius 2 is 1.94 bits per heavy atom. The number of carbonyl (C=O) groups excluding carboxylic acids is 1. The highest BCUT2D eigenvalue weighted by molar-refractivity contribution is 5.78. The van der Waals surface area contributed by atoms with E-state index < -0.39 is 11.2 Å². The van der Waals surface area contributed by atoms with Crippen LogP contribution < -0.4 is 4.74 Å². The van der Waals surface area contributed by atoms with E-state index in [2.05, 4.69) is 6.92 Å². The lowest BCUT2D eigenvalue weighted by molar-refractivity contribution is -0.181. The van der Waals surface area contributed by atoms with E-state index in [1.54, 1.807) is 21.0 Å². The van der Waals surface area contributed by atoms with Crippen molar-refractivity contribution in [2.45, 2.75) is 97.6 Å². The van der Waals surface area contributed by atoms with E-state index in [-0.39, 0.29) is 12.1 Å². The van der Waals surface area contributed by atoms with Crippen LogP contribution in [0, 0.1) is 5.92 Å². The average Bonchev–Trinajstić information content (AvgIpc) is 3.24. The van der Waals surface area contributed by atoms with Gasteiger partial charge in [-0.3, -0.25) is 0 Å². The summed E-state index contributed by atoms with van der Waals surface area (Å²) in [6.07, 6.45) is 4.91. The van der Waals surface area contributed by atoms with E-state index in [0.29, 0.717) is 25.0 Å². The third kappa shape index (κ3) is 7.80. The predicted octanol–water partition coefficient (Wildman–Crippen LogP) is 6.12. The van der Waals surface area contributed by atoms with E-state index in [1.165, 1.54) is 0 Å². The maximum absolute atomic E-state index is 12.5. The fourth-order valence-corrected chi connectivity index (χ4v) is 4.18. The fraction of sp³-hybridized carbons (Fsp3) is 0.643. The summed E-state index contributed by atoms with van der Waals surface area (Å²) in [5, 5.41) is 0. The molecule has 7 nitrogen and oxygen atoms in total. The van der Waals surface area contributed by atoms with Crippen LogP contribution in [0.2, 0.25) is 0 Å². The smallest absolute Gasteiger partial charge is 0.338 e. The average molecular weight is 488 g/mol. The van der Waals surface area contributed by atoms with Gasteiger partial charge in [0.15, 0.2) is 5.60 Å². The summed E-state index contributed by atoms with van der Waals surface area (Å²) >= 11 is 0. The number of ether oxygens (including phenoxy) is 4. The van der Waals surface area contributed by atoms with Crippen LogP contribution in [0.3, 0.4) is 0 Å². The molecule has 35 heavy (non-hydrogen) atoms. The zero-order valence-corrected chi connectivity index (χ0v) is 22.3. The van der Waals surface area contributed by atoms with Crippen molar-refractivity contribution < 1.29 is 28.2 Å². The van der Waals surface area contributed by atoms with Gasteiger partial charge >= 0.3 is 5.97 Å². The molecule has 7 heteroatoms. The minimum atomic E-state index is -0.978. The summed E-state index contributed by atoms with van der Waals surface area (Å²) in [4.78, 5) is 17.2. The quantitative estimate of drug-likeness (QED) is 0.373. The summed E-state index contributed by atoms with van der Waals surface area (Å²) in [5.41, 5.74) is 0.211. The highest BCUT2D eigenvalue weighted by Gasteiger charge is 2.35. The number of carbonyl (C=O) groups is 1. The third-order valence-electron chi connectivity index (χ3n) is 6.18. The number of methoxy groups -OCH3 is 1. The second-order valence-corrected chi connectivity index (χ2v) is 10.8. The summed E-state index contributed by atoms with van der Waals surface area (Å²) in [5.74, 6) is 2.20. The normalized spacial score (nSPS) is 18.9. The predicted molar refractivity (Wildman–Crippen MR) is 134 cm³/mol. The highest BCUT2D eigenvalue weighted by Crippen LogP contribution is 2.30. The lowest BCUT2D eigenvalue weighted by Crippen LogP contribution is -2.42. The first-order valence-electron chi connectivity index (χ1n) is 12.6. The van der Waals surface area contributed by atoms with Crippen molar-refractivity contribution >= 4 is 5.97 Å². The highest BCUT2D eigenvalue weighted by atomic mass is 16.6. The molecule has 2 unspecified atom stereocenters. The topological polar surface area (TPSA) is 80.0 Å². The maximum Gasteiger partial charge on any atom is 0.338 e. The minimum Gasteiger partial charge on any atom is -0.497 e. The zero-order valence-electron chi connectivity index (χ0n) is 22.3. The fourth-order valence-electron chi connectivity index (χ4n) is 4.18. The Morgan fingerprint density at radius 1 is 1.17 bits per heavy atom. The molecule has 194 valence electrons. The van der Waals surface area contributed by atoms with Crippen molar-refractivity contribution in [3.8, 4) is 17.2 Å². The lowest BCUT2D eigenvalue weighted by atomic mass is 9.87. The third-order valence-corrected chi connectivity index (χ3v) is 6.18. The van der Waals surface area contributed by atoms with Crippen molar-refractivity contribution in [3.05, 3.63) is 35.7 Å². The molecule has 2 atom stereocenters. The number of nitrogens with zero attached hydrogens (tertiary/aromatic N) is 1. The summed E-state index contributed by atoms with van der Waals surface area (Å²) in [6.45, 7) is 12.1. The molecule has 0 N–H and O–H groups in total. The molecule has 1 aliphatic carbocycles. The molecule has 1 saturated carbocycles. The van der Waals surface area contributed by atoms with Crippen LogP contribution in [0.5, 0.6) is 5.75 Å². The molecular weight excluding hydrogens is 446 g/mol. The Balaban J connectivity index is 1.55. The number of oxazole rings is 1. The number of hydrogen-bond acceptors (Lipinski definition) is 7. The van der Waals surface area contributed by atoms with Crippen LogP contribution in [-0.4, -0.2) is 42.0 Å². The van der Waals surface area contributed by atoms with Gasteiger partial charge < -0.3 is 23.4 Å². The van der Waals surface area contributed by atoms with Gasteiger partial charge in [-0.1, -0.05) is 19.4 Å². The molecule has 1 fully saturated rings. The van der Waals surface area contributed by atoms with E-state index in [0.717, 1.165) is 54.9 Å². The first-order chi connectivity index (χ1) is 16.5. The number of aryl methyl sites for hydroxylation is 1. The van der Waals surface area contributed by atoms with Crippen molar-refractivity contribution in [2.75, 3.05) is 13.7 Å². The molecule has 0 radical (unpaired) electrons. The van der Waals surface area contributed by atoms with E-state index >= 15 is 0 Å². The van der Waals surface area contributed by atoms with Crippen LogP contribution in [-0.2, 0) is 32.0 Å². The maximum atomic E-state index is 12.5. The second-order valence-electron chi connectivity index (χ2n) is 10.8. The van der Waals surface area contributed by atoms with Gasteiger partial charge in [-0.05, 0) is 78.0 Å². The molecule has 1 aromatic heterocycles. The first-order valence-corrected chi connectivity index (χ1v) is 12.6. The van der Waals surface area contributed by atoms with Crippen LogP contribution in [0.15, 0.2) is 28.7 Å². The molecule has 0 bridgehead atoms. The molecule has 1 aliphatic rings. The van der Waals surface area contributed by atoms with Gasteiger partial charge in [-0.2, -0.15) is 0 Å². The number of esters is 1. The molecule has 2 aromatic rings. The van der Waals surface area contributed by atoms with Crippen LogP contribution in [0.1, 0.15) is 78.7 Å². The SMILES string of the molecule is CCc1oc(-c2cccc(OC)c2)nc1COC1CCCC(COC(C)(C)C(=O)OC(C)(C)C)C1. The summed E-state index contributed by atoms with van der Waals surface area (Å²) in [6, 6.07) is 7.70. The standard InChI is InChI=1S/C28H41NO6/c1-8-24-23(29-25(34-24)20-12-10-13-21(16-20)31-7)18-32-22-14-9-11-19(15-22)17-33-28(5,6)26(30)35-27(2,3)4/h10,12-13,16,19,22H,8-9,11,14-15,17-18H2,1-7H3. The largest absolute Gasteiger partial charge is 0.497 e. The van der Waals surface area contributed by atoms with Gasteiger partial charge in [0.2, 0.25) is 5.89 Å². The van der Waals surface area contributed by atoms with E-state index in [9.17, 15) is 4.79 Å². The molecule has 3 rings (SSSR count). The Kier molecular flexibility index (Phi) is 9.00. The number of rotatable bonds is 10. The van der Waals surface area contributed by atoms with Gasteiger partial charge in [0, 0.05) is 12.0 Å². The summed E-state index contributed by atoms with van der Waals surface area (Å²) < 4.78 is 29.2. The Labute approximate surface area is 209 Å². The van der Waals surface area contributed by atoms with E-state index in [1.807, 2.05) is 45.0 Å². The van der Waals surface area contributed by atoms with Gasteiger partial charge in [0.25, 0.3) is 0 Å². The van der Waals surface area contributed by atoms with Crippen molar-refractivity contribution in [2.24, 2.45) is 5.92 Å².